The summed E-state index contributed by atoms with van der Waals surface area (Å²) in [4.78, 5) is 11.2. The number of alkyl halides is 3. The molecule has 1 saturated heterocycles. The minimum absolute atomic E-state index is 0.299. The Morgan fingerprint density at radius 3 is 2.35 bits per heavy atom. The number of nitrogens with zero attached hydrogens (tertiary/aromatic N) is 4. The van der Waals surface area contributed by atoms with Crippen molar-refractivity contribution in [2.45, 2.75) is 6.18 Å². The van der Waals surface area contributed by atoms with E-state index in [9.17, 15) is 13.2 Å². The molecule has 4 nitrogen and oxygen atoms in total. The largest absolute Gasteiger partial charge is 0.434 e. The zero-order valence-corrected chi connectivity index (χ0v) is 9.41. The summed E-state index contributed by atoms with van der Waals surface area (Å²) in [5.41, 5.74) is -0.936. The van der Waals surface area contributed by atoms with Gasteiger partial charge in [0, 0.05) is 26.2 Å². The highest BCUT2D eigenvalue weighted by molar-refractivity contribution is 5.37. The van der Waals surface area contributed by atoms with E-state index >= 15 is 0 Å². The zero-order valence-electron chi connectivity index (χ0n) is 9.41. The molecule has 0 radical (unpaired) electrons. The molecule has 0 bridgehead atoms. The van der Waals surface area contributed by atoms with E-state index in [4.69, 9.17) is 0 Å². The van der Waals surface area contributed by atoms with Crippen LogP contribution in [-0.2, 0) is 6.18 Å². The minimum Gasteiger partial charge on any atom is -0.353 e. The molecular formula is C10H13F3N4. The van der Waals surface area contributed by atoms with Crippen molar-refractivity contribution in [3.05, 3.63) is 18.1 Å². The first-order valence-electron chi connectivity index (χ1n) is 5.29. The molecule has 0 unspecified atom stereocenters. The van der Waals surface area contributed by atoms with Crippen LogP contribution in [0.2, 0.25) is 0 Å². The molecule has 0 spiro atoms. The van der Waals surface area contributed by atoms with Crippen LogP contribution in [0.15, 0.2) is 12.4 Å². The molecule has 1 aliphatic heterocycles. The number of hydrogen-bond donors (Lipinski definition) is 0. The lowest BCUT2D eigenvalue weighted by Gasteiger charge is -2.33. The number of rotatable bonds is 1. The van der Waals surface area contributed by atoms with Crippen LogP contribution in [0.5, 0.6) is 0 Å². The molecule has 94 valence electrons. The van der Waals surface area contributed by atoms with Gasteiger partial charge in [-0.15, -0.1) is 0 Å². The van der Waals surface area contributed by atoms with Gasteiger partial charge in [-0.1, -0.05) is 0 Å². The molecule has 7 heteroatoms. The predicted molar refractivity (Wildman–Crippen MR) is 56.7 cm³/mol. The highest BCUT2D eigenvalue weighted by Crippen LogP contribution is 2.28. The van der Waals surface area contributed by atoms with E-state index in [1.54, 1.807) is 0 Å². The van der Waals surface area contributed by atoms with Gasteiger partial charge in [0.05, 0.1) is 12.4 Å². The van der Waals surface area contributed by atoms with Crippen LogP contribution < -0.4 is 4.90 Å². The third kappa shape index (κ3) is 2.85. The summed E-state index contributed by atoms with van der Waals surface area (Å²) < 4.78 is 37.4. The second kappa shape index (κ2) is 4.48. The third-order valence-corrected chi connectivity index (χ3v) is 2.74. The molecule has 0 aromatic carbocycles. The Bertz CT molecular complexity index is 385. The van der Waals surface area contributed by atoms with Gasteiger partial charge in [0.15, 0.2) is 5.69 Å². The van der Waals surface area contributed by atoms with Crippen LogP contribution in [-0.4, -0.2) is 48.1 Å². The van der Waals surface area contributed by atoms with Gasteiger partial charge < -0.3 is 9.80 Å². The first-order valence-corrected chi connectivity index (χ1v) is 5.29. The first kappa shape index (κ1) is 12.1. The highest BCUT2D eigenvalue weighted by atomic mass is 19.4. The summed E-state index contributed by atoms with van der Waals surface area (Å²) in [6.07, 6.45) is -2.31. The molecule has 1 aromatic rings. The van der Waals surface area contributed by atoms with Gasteiger partial charge in [0.1, 0.15) is 5.82 Å². The van der Waals surface area contributed by atoms with Gasteiger partial charge in [0.2, 0.25) is 0 Å². The van der Waals surface area contributed by atoms with Crippen molar-refractivity contribution in [1.29, 1.82) is 0 Å². The minimum atomic E-state index is -4.43. The van der Waals surface area contributed by atoms with Crippen LogP contribution in [0.25, 0.3) is 0 Å². The second-order valence-corrected chi connectivity index (χ2v) is 4.05. The van der Waals surface area contributed by atoms with Crippen molar-refractivity contribution in [3.8, 4) is 0 Å². The number of hydrogen-bond acceptors (Lipinski definition) is 4. The van der Waals surface area contributed by atoms with Crippen LogP contribution in [0.4, 0.5) is 19.0 Å². The molecule has 2 rings (SSSR count). The SMILES string of the molecule is CN1CCN(c2cncc(C(F)(F)F)n2)CC1. The van der Waals surface area contributed by atoms with Crippen molar-refractivity contribution in [3.63, 3.8) is 0 Å². The lowest BCUT2D eigenvalue weighted by molar-refractivity contribution is -0.141. The molecule has 2 heterocycles. The highest BCUT2D eigenvalue weighted by Gasteiger charge is 2.33. The van der Waals surface area contributed by atoms with E-state index in [1.165, 1.54) is 6.20 Å². The van der Waals surface area contributed by atoms with Gasteiger partial charge in [-0.25, -0.2) is 4.98 Å². The molecule has 1 aromatic heterocycles. The van der Waals surface area contributed by atoms with Gasteiger partial charge >= 0.3 is 6.18 Å². The quantitative estimate of drug-likeness (QED) is 0.746. The van der Waals surface area contributed by atoms with E-state index in [-0.39, 0.29) is 0 Å². The number of likely N-dealkylation sites (N-methyl/N-ethyl adjacent to an activating group) is 1. The van der Waals surface area contributed by atoms with Gasteiger partial charge in [0.25, 0.3) is 0 Å². The van der Waals surface area contributed by atoms with Crippen LogP contribution in [0.1, 0.15) is 5.69 Å². The van der Waals surface area contributed by atoms with Crippen molar-refractivity contribution in [2.75, 3.05) is 38.1 Å². The Hall–Kier alpha value is -1.37. The van der Waals surface area contributed by atoms with E-state index in [0.29, 0.717) is 18.9 Å². The summed E-state index contributed by atoms with van der Waals surface area (Å²) in [5.74, 6) is 0.299. The van der Waals surface area contributed by atoms with Crippen LogP contribution >= 0.6 is 0 Å². The van der Waals surface area contributed by atoms with Crippen LogP contribution in [0, 0.1) is 0 Å². The molecule has 0 aliphatic carbocycles. The fourth-order valence-electron chi connectivity index (χ4n) is 1.68. The molecule has 0 N–H and O–H groups in total. The van der Waals surface area contributed by atoms with E-state index < -0.39 is 11.9 Å². The molecule has 0 saturated carbocycles. The van der Waals surface area contributed by atoms with Gasteiger partial charge in [-0.3, -0.25) is 4.98 Å². The maximum atomic E-state index is 12.5. The maximum Gasteiger partial charge on any atom is 0.434 e. The van der Waals surface area contributed by atoms with E-state index in [0.717, 1.165) is 19.3 Å². The Kier molecular flexibility index (Phi) is 3.19. The molecule has 0 atom stereocenters. The number of anilines is 1. The summed E-state index contributed by atoms with van der Waals surface area (Å²) in [5, 5.41) is 0. The fourth-order valence-corrected chi connectivity index (χ4v) is 1.68. The van der Waals surface area contributed by atoms with E-state index in [2.05, 4.69) is 14.9 Å². The first-order chi connectivity index (χ1) is 7.97. The molecule has 1 aliphatic rings. The molecule has 17 heavy (non-hydrogen) atoms. The number of piperazine rings is 1. The Morgan fingerprint density at radius 1 is 1.12 bits per heavy atom. The number of aromatic nitrogens is 2. The van der Waals surface area contributed by atoms with Crippen LogP contribution in [0.3, 0.4) is 0 Å². The van der Waals surface area contributed by atoms with Crippen molar-refractivity contribution in [2.24, 2.45) is 0 Å². The van der Waals surface area contributed by atoms with Crippen molar-refractivity contribution in [1.82, 2.24) is 14.9 Å². The zero-order chi connectivity index (χ0) is 12.5. The maximum absolute atomic E-state index is 12.5. The molecule has 1 fully saturated rings. The predicted octanol–water partition coefficient (Wildman–Crippen LogP) is 1.25. The van der Waals surface area contributed by atoms with Gasteiger partial charge in [-0.2, -0.15) is 13.2 Å². The van der Waals surface area contributed by atoms with Crippen molar-refractivity contribution < 1.29 is 13.2 Å². The Labute approximate surface area is 97.1 Å². The normalized spacial score (nSPS) is 18.5. The van der Waals surface area contributed by atoms with E-state index in [1.807, 2.05) is 11.9 Å². The summed E-state index contributed by atoms with van der Waals surface area (Å²) in [7, 11) is 1.98. The smallest absolute Gasteiger partial charge is 0.353 e. The topological polar surface area (TPSA) is 32.3 Å². The monoisotopic (exact) mass is 246 g/mol. The average Bonchev–Trinajstić information content (AvgIpc) is 2.29. The molecular weight excluding hydrogens is 233 g/mol. The number of halogens is 3. The summed E-state index contributed by atoms with van der Waals surface area (Å²) in [6, 6.07) is 0. The Balaban J connectivity index is 2.16. The molecule has 0 amide bonds. The second-order valence-electron chi connectivity index (χ2n) is 4.05. The third-order valence-electron chi connectivity index (χ3n) is 2.74. The summed E-state index contributed by atoms with van der Waals surface area (Å²) >= 11 is 0. The summed E-state index contributed by atoms with van der Waals surface area (Å²) in [6.45, 7) is 2.98. The average molecular weight is 246 g/mol. The Morgan fingerprint density at radius 2 is 1.76 bits per heavy atom. The van der Waals surface area contributed by atoms with Gasteiger partial charge in [-0.05, 0) is 7.05 Å². The lowest BCUT2D eigenvalue weighted by atomic mass is 10.3. The fraction of sp³-hybridized carbons (Fsp3) is 0.600. The van der Waals surface area contributed by atoms with Crippen molar-refractivity contribution >= 4 is 5.82 Å². The lowest BCUT2D eigenvalue weighted by Crippen LogP contribution is -2.45. The standard InChI is InChI=1S/C10H13F3N4/c1-16-2-4-17(5-3-16)9-7-14-6-8(15-9)10(11,12)13/h6-7H,2-5H2,1H3.